The van der Waals surface area contributed by atoms with Crippen LogP contribution in [-0.2, 0) is 17.8 Å². The smallest absolute Gasteiger partial charge is 0.119 e. The van der Waals surface area contributed by atoms with Gasteiger partial charge in [-0.3, -0.25) is 0 Å². The quantitative estimate of drug-likeness (QED) is 0.870. The van der Waals surface area contributed by atoms with Gasteiger partial charge in [0.05, 0.1) is 12.3 Å². The highest BCUT2D eigenvalue weighted by atomic mass is 32.1. The van der Waals surface area contributed by atoms with Crippen LogP contribution in [0, 0.1) is 0 Å². The van der Waals surface area contributed by atoms with Crippen molar-refractivity contribution in [2.75, 3.05) is 6.61 Å². The Balaban J connectivity index is 1.95. The van der Waals surface area contributed by atoms with E-state index in [0.29, 0.717) is 6.61 Å². The second-order valence-electron chi connectivity index (χ2n) is 4.09. The molecule has 4 heteroatoms. The number of hydrogen-bond acceptors (Lipinski definition) is 4. The van der Waals surface area contributed by atoms with Crippen molar-refractivity contribution in [2.24, 2.45) is 5.73 Å². The average molecular weight is 262 g/mol. The van der Waals surface area contributed by atoms with Crippen LogP contribution in [0.1, 0.15) is 29.2 Å². The minimum atomic E-state index is 0.00763. The van der Waals surface area contributed by atoms with Gasteiger partial charge >= 0.3 is 0 Å². The standard InChI is InChI=1S/C14H18N2OS/c1-2-17-9-14-16-12(10-18-14)8-13(15)11-6-4-3-5-7-11/h3-7,10,13H,2,8-9,15H2,1H3. The maximum Gasteiger partial charge on any atom is 0.119 e. The van der Waals surface area contributed by atoms with Gasteiger partial charge in [0.2, 0.25) is 0 Å². The summed E-state index contributed by atoms with van der Waals surface area (Å²) < 4.78 is 5.34. The van der Waals surface area contributed by atoms with Gasteiger partial charge in [-0.15, -0.1) is 11.3 Å². The molecule has 1 atom stereocenters. The molecule has 96 valence electrons. The molecule has 0 saturated carbocycles. The third-order valence-electron chi connectivity index (χ3n) is 2.69. The minimum absolute atomic E-state index is 0.00763. The van der Waals surface area contributed by atoms with Gasteiger partial charge in [-0.05, 0) is 12.5 Å². The van der Waals surface area contributed by atoms with Crippen molar-refractivity contribution in [3.8, 4) is 0 Å². The second kappa shape index (κ2) is 6.64. The highest BCUT2D eigenvalue weighted by molar-refractivity contribution is 7.09. The molecule has 0 bridgehead atoms. The number of rotatable bonds is 6. The van der Waals surface area contributed by atoms with E-state index in [1.807, 2.05) is 25.1 Å². The Labute approximate surface area is 112 Å². The van der Waals surface area contributed by atoms with E-state index >= 15 is 0 Å². The summed E-state index contributed by atoms with van der Waals surface area (Å²) in [6, 6.07) is 10.1. The lowest BCUT2D eigenvalue weighted by Crippen LogP contribution is -2.13. The van der Waals surface area contributed by atoms with Crippen LogP contribution in [0.3, 0.4) is 0 Å². The lowest BCUT2D eigenvalue weighted by molar-refractivity contribution is 0.133. The first-order valence-corrected chi connectivity index (χ1v) is 6.99. The van der Waals surface area contributed by atoms with Crippen LogP contribution in [0.4, 0.5) is 0 Å². The topological polar surface area (TPSA) is 48.1 Å². The Kier molecular flexibility index (Phi) is 4.87. The van der Waals surface area contributed by atoms with Crippen LogP contribution < -0.4 is 5.73 Å². The third kappa shape index (κ3) is 3.63. The number of nitrogens with two attached hydrogens (primary N) is 1. The summed E-state index contributed by atoms with van der Waals surface area (Å²) in [5, 5.41) is 3.09. The Morgan fingerprint density at radius 2 is 2.11 bits per heavy atom. The number of ether oxygens (including phenoxy) is 1. The molecule has 0 fully saturated rings. The van der Waals surface area contributed by atoms with Crippen LogP contribution in [0.15, 0.2) is 35.7 Å². The van der Waals surface area contributed by atoms with Crippen LogP contribution >= 0.6 is 11.3 Å². The van der Waals surface area contributed by atoms with E-state index in [1.165, 1.54) is 0 Å². The molecule has 18 heavy (non-hydrogen) atoms. The number of hydrogen-bond donors (Lipinski definition) is 1. The maximum absolute atomic E-state index is 6.17. The van der Waals surface area contributed by atoms with E-state index in [2.05, 4.69) is 22.5 Å². The molecule has 0 amide bonds. The van der Waals surface area contributed by atoms with Crippen molar-refractivity contribution < 1.29 is 4.74 Å². The fourth-order valence-electron chi connectivity index (χ4n) is 1.74. The van der Waals surface area contributed by atoms with Crippen molar-refractivity contribution in [3.05, 3.63) is 52.0 Å². The molecule has 0 radical (unpaired) electrons. The Hall–Kier alpha value is -1.23. The zero-order valence-corrected chi connectivity index (χ0v) is 11.3. The maximum atomic E-state index is 6.17. The van der Waals surface area contributed by atoms with Crippen LogP contribution in [-0.4, -0.2) is 11.6 Å². The number of benzene rings is 1. The largest absolute Gasteiger partial charge is 0.375 e. The molecule has 2 rings (SSSR count). The van der Waals surface area contributed by atoms with Crippen LogP contribution in [0.5, 0.6) is 0 Å². The van der Waals surface area contributed by atoms with E-state index in [1.54, 1.807) is 11.3 Å². The van der Waals surface area contributed by atoms with Crippen molar-refractivity contribution in [3.63, 3.8) is 0 Å². The summed E-state index contributed by atoms with van der Waals surface area (Å²) in [5.74, 6) is 0. The molecule has 0 aliphatic carbocycles. The molecule has 1 aromatic heterocycles. The molecule has 1 heterocycles. The monoisotopic (exact) mass is 262 g/mol. The average Bonchev–Trinajstić information content (AvgIpc) is 2.85. The predicted molar refractivity (Wildman–Crippen MR) is 74.5 cm³/mol. The van der Waals surface area contributed by atoms with Crippen LogP contribution in [0.2, 0.25) is 0 Å². The molecule has 0 aliphatic heterocycles. The zero-order chi connectivity index (χ0) is 12.8. The SMILES string of the molecule is CCOCc1nc(CC(N)c2ccccc2)cs1. The third-order valence-corrected chi connectivity index (χ3v) is 3.56. The van der Waals surface area contributed by atoms with Gasteiger partial charge in [0.1, 0.15) is 5.01 Å². The summed E-state index contributed by atoms with van der Waals surface area (Å²) in [7, 11) is 0. The summed E-state index contributed by atoms with van der Waals surface area (Å²) in [6.07, 6.45) is 0.770. The molecular formula is C14H18N2OS. The normalized spacial score (nSPS) is 12.6. The summed E-state index contributed by atoms with van der Waals surface area (Å²) in [6.45, 7) is 3.31. The minimum Gasteiger partial charge on any atom is -0.375 e. The molecule has 3 nitrogen and oxygen atoms in total. The highest BCUT2D eigenvalue weighted by Gasteiger charge is 2.09. The predicted octanol–water partition coefficient (Wildman–Crippen LogP) is 2.92. The van der Waals surface area contributed by atoms with Gasteiger partial charge < -0.3 is 10.5 Å². The van der Waals surface area contributed by atoms with Crippen molar-refractivity contribution in [1.29, 1.82) is 0 Å². The van der Waals surface area contributed by atoms with E-state index in [0.717, 1.165) is 29.3 Å². The Morgan fingerprint density at radius 3 is 2.83 bits per heavy atom. The highest BCUT2D eigenvalue weighted by Crippen LogP contribution is 2.18. The molecule has 0 saturated heterocycles. The number of thiazole rings is 1. The van der Waals surface area contributed by atoms with Gasteiger partial charge in [-0.2, -0.15) is 0 Å². The molecule has 1 aromatic carbocycles. The zero-order valence-electron chi connectivity index (χ0n) is 10.5. The fourth-order valence-corrected chi connectivity index (χ4v) is 2.48. The molecule has 2 N–H and O–H groups in total. The van der Waals surface area contributed by atoms with Crippen molar-refractivity contribution in [2.45, 2.75) is 26.0 Å². The molecule has 0 spiro atoms. The van der Waals surface area contributed by atoms with Crippen molar-refractivity contribution in [1.82, 2.24) is 4.98 Å². The van der Waals surface area contributed by atoms with Gasteiger partial charge in [-0.25, -0.2) is 4.98 Å². The van der Waals surface area contributed by atoms with Gasteiger partial charge in [0, 0.05) is 24.4 Å². The lowest BCUT2D eigenvalue weighted by atomic mass is 10.0. The summed E-state index contributed by atoms with van der Waals surface area (Å²) in [4.78, 5) is 4.53. The van der Waals surface area contributed by atoms with E-state index in [4.69, 9.17) is 10.5 Å². The molecular weight excluding hydrogens is 244 g/mol. The van der Waals surface area contributed by atoms with E-state index in [-0.39, 0.29) is 6.04 Å². The molecule has 0 aliphatic rings. The fraction of sp³-hybridized carbons (Fsp3) is 0.357. The van der Waals surface area contributed by atoms with Crippen LogP contribution in [0.25, 0.3) is 0 Å². The molecule has 1 unspecified atom stereocenters. The Morgan fingerprint density at radius 1 is 1.33 bits per heavy atom. The first kappa shape index (κ1) is 13.2. The summed E-state index contributed by atoms with van der Waals surface area (Å²) >= 11 is 1.64. The Bertz CT molecular complexity index is 470. The molecule has 2 aromatic rings. The van der Waals surface area contributed by atoms with Gasteiger partial charge in [0.25, 0.3) is 0 Å². The van der Waals surface area contributed by atoms with Gasteiger partial charge in [-0.1, -0.05) is 30.3 Å². The number of aromatic nitrogens is 1. The van der Waals surface area contributed by atoms with E-state index in [9.17, 15) is 0 Å². The summed E-state index contributed by atoms with van der Waals surface area (Å²) in [5.41, 5.74) is 8.37. The van der Waals surface area contributed by atoms with Crippen molar-refractivity contribution >= 4 is 11.3 Å². The first-order valence-electron chi connectivity index (χ1n) is 6.11. The van der Waals surface area contributed by atoms with E-state index < -0.39 is 0 Å². The lowest BCUT2D eigenvalue weighted by Gasteiger charge is -2.09. The van der Waals surface area contributed by atoms with Gasteiger partial charge in [0.15, 0.2) is 0 Å². The second-order valence-corrected chi connectivity index (χ2v) is 5.03. The number of nitrogens with zero attached hydrogens (tertiary/aromatic N) is 1. The first-order chi connectivity index (χ1) is 8.79.